The highest BCUT2D eigenvalue weighted by Crippen LogP contribution is 2.09. The van der Waals surface area contributed by atoms with Gasteiger partial charge in [0.2, 0.25) is 0 Å². The minimum atomic E-state index is -0.0523. The van der Waals surface area contributed by atoms with E-state index in [2.05, 4.69) is 10.4 Å². The highest BCUT2D eigenvalue weighted by Gasteiger charge is 2.06. The first-order valence-corrected chi connectivity index (χ1v) is 7.61. The van der Waals surface area contributed by atoms with Crippen molar-refractivity contribution in [2.75, 3.05) is 0 Å². The Bertz CT molecular complexity index is 705. The van der Waals surface area contributed by atoms with Gasteiger partial charge >= 0.3 is 0 Å². The average molecular weight is 297 g/mol. The van der Waals surface area contributed by atoms with Crippen LogP contribution in [0.3, 0.4) is 0 Å². The first-order valence-electron chi connectivity index (χ1n) is 6.67. The lowest BCUT2D eigenvalue weighted by Gasteiger charge is -2.07. The van der Waals surface area contributed by atoms with Gasteiger partial charge in [-0.25, -0.2) is 0 Å². The number of rotatable bonds is 5. The maximum atomic E-state index is 12.2. The van der Waals surface area contributed by atoms with Crippen molar-refractivity contribution in [3.05, 3.63) is 76.2 Å². The molecule has 0 fully saturated rings. The molecule has 0 saturated carbocycles. The van der Waals surface area contributed by atoms with Crippen molar-refractivity contribution in [1.82, 2.24) is 15.1 Å². The molecule has 1 aromatic carbocycles. The van der Waals surface area contributed by atoms with Crippen LogP contribution in [-0.4, -0.2) is 15.7 Å². The molecule has 21 heavy (non-hydrogen) atoms. The molecular weight excluding hydrogens is 282 g/mol. The molecule has 0 unspecified atom stereocenters. The second-order valence-electron chi connectivity index (χ2n) is 4.72. The van der Waals surface area contributed by atoms with Crippen molar-refractivity contribution < 1.29 is 4.79 Å². The van der Waals surface area contributed by atoms with E-state index in [1.54, 1.807) is 17.5 Å². The van der Waals surface area contributed by atoms with Gasteiger partial charge in [0.15, 0.2) is 0 Å². The van der Waals surface area contributed by atoms with Crippen molar-refractivity contribution in [2.45, 2.75) is 13.1 Å². The van der Waals surface area contributed by atoms with Crippen molar-refractivity contribution in [3.63, 3.8) is 0 Å². The summed E-state index contributed by atoms with van der Waals surface area (Å²) in [7, 11) is 0. The zero-order valence-corrected chi connectivity index (χ0v) is 12.2. The molecule has 1 N–H and O–H groups in total. The third-order valence-corrected chi connectivity index (χ3v) is 3.86. The van der Waals surface area contributed by atoms with E-state index in [1.807, 2.05) is 58.0 Å². The molecular formula is C16H15N3OS. The summed E-state index contributed by atoms with van der Waals surface area (Å²) >= 11 is 1.63. The first kappa shape index (κ1) is 13.6. The Labute approximate surface area is 127 Å². The standard InChI is InChI=1S/C16H15N3OS/c20-16(17-10-14-5-8-21-12-14)15-4-1-3-13(9-15)11-19-7-2-6-18-19/h1-9,12H,10-11H2,(H,17,20). The quantitative estimate of drug-likeness (QED) is 0.787. The summed E-state index contributed by atoms with van der Waals surface area (Å²) in [5.41, 5.74) is 2.86. The summed E-state index contributed by atoms with van der Waals surface area (Å²) in [5.74, 6) is -0.0523. The molecule has 5 heteroatoms. The van der Waals surface area contributed by atoms with Gasteiger partial charge < -0.3 is 5.32 Å². The molecule has 3 aromatic rings. The fourth-order valence-electron chi connectivity index (χ4n) is 2.07. The normalized spacial score (nSPS) is 10.5. The Morgan fingerprint density at radius 1 is 1.24 bits per heavy atom. The number of benzene rings is 1. The van der Waals surface area contributed by atoms with Crippen LogP contribution in [0.2, 0.25) is 0 Å². The zero-order chi connectivity index (χ0) is 14.5. The van der Waals surface area contributed by atoms with Gasteiger partial charge in [-0.15, -0.1) is 0 Å². The third kappa shape index (κ3) is 3.58. The number of nitrogens with zero attached hydrogens (tertiary/aromatic N) is 2. The topological polar surface area (TPSA) is 46.9 Å². The zero-order valence-electron chi connectivity index (χ0n) is 11.4. The fraction of sp³-hybridized carbons (Fsp3) is 0.125. The van der Waals surface area contributed by atoms with E-state index < -0.39 is 0 Å². The molecule has 0 aliphatic heterocycles. The van der Waals surface area contributed by atoms with Crippen LogP contribution in [-0.2, 0) is 13.1 Å². The fourth-order valence-corrected chi connectivity index (χ4v) is 2.74. The van der Waals surface area contributed by atoms with Crippen LogP contribution < -0.4 is 5.32 Å². The molecule has 0 saturated heterocycles. The van der Waals surface area contributed by atoms with Gasteiger partial charge in [0.1, 0.15) is 0 Å². The summed E-state index contributed by atoms with van der Waals surface area (Å²) in [6.45, 7) is 1.23. The Morgan fingerprint density at radius 3 is 2.95 bits per heavy atom. The summed E-state index contributed by atoms with van der Waals surface area (Å²) in [5, 5.41) is 11.1. The van der Waals surface area contributed by atoms with Crippen molar-refractivity contribution in [3.8, 4) is 0 Å². The Morgan fingerprint density at radius 2 is 2.19 bits per heavy atom. The molecule has 0 radical (unpaired) electrons. The summed E-state index contributed by atoms with van der Waals surface area (Å²) in [4.78, 5) is 12.2. The molecule has 0 aliphatic rings. The van der Waals surface area contributed by atoms with Crippen LogP contribution in [0.1, 0.15) is 21.5 Å². The molecule has 0 bridgehead atoms. The molecule has 0 aliphatic carbocycles. The van der Waals surface area contributed by atoms with Crippen LogP contribution in [0.25, 0.3) is 0 Å². The van der Waals surface area contributed by atoms with Crippen molar-refractivity contribution in [2.24, 2.45) is 0 Å². The van der Waals surface area contributed by atoms with Gasteiger partial charge in [0, 0.05) is 24.5 Å². The summed E-state index contributed by atoms with van der Waals surface area (Å²) in [6, 6.07) is 11.5. The summed E-state index contributed by atoms with van der Waals surface area (Å²) in [6.07, 6.45) is 3.65. The number of carbonyl (C=O) groups excluding carboxylic acids is 1. The number of hydrogen-bond acceptors (Lipinski definition) is 3. The van der Waals surface area contributed by atoms with E-state index in [9.17, 15) is 4.79 Å². The SMILES string of the molecule is O=C(NCc1ccsc1)c1cccc(Cn2cccn2)c1. The Kier molecular flexibility index (Phi) is 4.12. The van der Waals surface area contributed by atoms with E-state index in [0.717, 1.165) is 11.1 Å². The minimum absolute atomic E-state index is 0.0523. The second kappa shape index (κ2) is 6.37. The van der Waals surface area contributed by atoms with Gasteiger partial charge in [0.05, 0.1) is 6.54 Å². The molecule has 0 atom stereocenters. The van der Waals surface area contributed by atoms with Gasteiger partial charge in [-0.1, -0.05) is 12.1 Å². The maximum Gasteiger partial charge on any atom is 0.251 e. The number of carbonyl (C=O) groups is 1. The second-order valence-corrected chi connectivity index (χ2v) is 5.50. The lowest BCUT2D eigenvalue weighted by molar-refractivity contribution is 0.0951. The van der Waals surface area contributed by atoms with E-state index >= 15 is 0 Å². The van der Waals surface area contributed by atoms with Crippen molar-refractivity contribution >= 4 is 17.2 Å². The molecule has 1 amide bonds. The molecule has 106 valence electrons. The van der Waals surface area contributed by atoms with Gasteiger partial charge in [-0.2, -0.15) is 16.4 Å². The Balaban J connectivity index is 1.65. The molecule has 2 heterocycles. The average Bonchev–Trinajstić information content (AvgIpc) is 3.18. The monoisotopic (exact) mass is 297 g/mol. The van der Waals surface area contributed by atoms with Gasteiger partial charge in [-0.3, -0.25) is 9.48 Å². The molecule has 4 nitrogen and oxygen atoms in total. The minimum Gasteiger partial charge on any atom is -0.348 e. The molecule has 2 aromatic heterocycles. The van der Waals surface area contributed by atoms with Crippen LogP contribution in [0.5, 0.6) is 0 Å². The van der Waals surface area contributed by atoms with Crippen LogP contribution in [0, 0.1) is 0 Å². The number of amides is 1. The van der Waals surface area contributed by atoms with E-state index in [0.29, 0.717) is 18.7 Å². The number of nitrogens with one attached hydrogen (secondary N) is 1. The van der Waals surface area contributed by atoms with Crippen LogP contribution in [0.4, 0.5) is 0 Å². The lowest BCUT2D eigenvalue weighted by Crippen LogP contribution is -2.22. The third-order valence-electron chi connectivity index (χ3n) is 3.13. The molecule has 0 spiro atoms. The smallest absolute Gasteiger partial charge is 0.251 e. The predicted molar refractivity (Wildman–Crippen MR) is 83.3 cm³/mol. The Hall–Kier alpha value is -2.40. The van der Waals surface area contributed by atoms with E-state index in [1.165, 1.54) is 0 Å². The van der Waals surface area contributed by atoms with Crippen molar-refractivity contribution in [1.29, 1.82) is 0 Å². The predicted octanol–water partition coefficient (Wildman–Crippen LogP) is 2.92. The highest BCUT2D eigenvalue weighted by atomic mass is 32.1. The van der Waals surface area contributed by atoms with Crippen LogP contribution >= 0.6 is 11.3 Å². The number of hydrogen-bond donors (Lipinski definition) is 1. The summed E-state index contributed by atoms with van der Waals surface area (Å²) < 4.78 is 1.84. The maximum absolute atomic E-state index is 12.2. The van der Waals surface area contributed by atoms with E-state index in [-0.39, 0.29) is 5.91 Å². The largest absolute Gasteiger partial charge is 0.348 e. The lowest BCUT2D eigenvalue weighted by atomic mass is 10.1. The number of thiophene rings is 1. The van der Waals surface area contributed by atoms with Gasteiger partial charge in [-0.05, 0) is 46.2 Å². The molecule has 3 rings (SSSR count). The van der Waals surface area contributed by atoms with Gasteiger partial charge in [0.25, 0.3) is 5.91 Å². The highest BCUT2D eigenvalue weighted by molar-refractivity contribution is 7.07. The van der Waals surface area contributed by atoms with Crippen LogP contribution in [0.15, 0.2) is 59.6 Å². The van der Waals surface area contributed by atoms with E-state index in [4.69, 9.17) is 0 Å². The number of aromatic nitrogens is 2. The first-order chi connectivity index (χ1) is 10.3.